The summed E-state index contributed by atoms with van der Waals surface area (Å²) in [6.45, 7) is 0.167. The summed E-state index contributed by atoms with van der Waals surface area (Å²) in [6.07, 6.45) is -4.05. The van der Waals surface area contributed by atoms with E-state index in [0.29, 0.717) is 12.8 Å². The topological polar surface area (TPSA) is 53.3 Å². The summed E-state index contributed by atoms with van der Waals surface area (Å²) in [7, 11) is 0. The van der Waals surface area contributed by atoms with Crippen LogP contribution in [0.15, 0.2) is 0 Å². The van der Waals surface area contributed by atoms with E-state index in [1.807, 2.05) is 0 Å². The first-order valence-corrected chi connectivity index (χ1v) is 3.90. The van der Waals surface area contributed by atoms with E-state index in [-0.39, 0.29) is 6.54 Å². The molecule has 0 radical (unpaired) electrons. The quantitative estimate of drug-likeness (QED) is 0.644. The van der Waals surface area contributed by atoms with Gasteiger partial charge in [0.25, 0.3) is 0 Å². The number of hydrogen-bond donors (Lipinski definition) is 0. The van der Waals surface area contributed by atoms with Crippen molar-refractivity contribution in [2.75, 3.05) is 6.54 Å². The summed E-state index contributed by atoms with van der Waals surface area (Å²) in [5.41, 5.74) is 0. The Balaban J connectivity index is 2.53. The molecule has 7 heteroatoms. The van der Waals surface area contributed by atoms with Gasteiger partial charge in [0, 0.05) is 6.54 Å². The van der Waals surface area contributed by atoms with Crippen LogP contribution in [0, 0.1) is 11.3 Å². The molecule has 0 aromatic heterocycles. The van der Waals surface area contributed by atoms with Gasteiger partial charge in [-0.05, 0) is 12.8 Å². The van der Waals surface area contributed by atoms with Gasteiger partial charge in [0.05, 0.1) is 6.07 Å². The first-order chi connectivity index (χ1) is 6.45. The van der Waals surface area contributed by atoms with E-state index in [0.717, 1.165) is 5.06 Å². The predicted octanol–water partition coefficient (Wildman–Crippen LogP) is 0.995. The van der Waals surface area contributed by atoms with Crippen LogP contribution in [0.2, 0.25) is 0 Å². The fourth-order valence-electron chi connectivity index (χ4n) is 1.14. The SMILES string of the molecule is N#CC1CCCN1OC(=O)C(F)(F)F. The highest BCUT2D eigenvalue weighted by atomic mass is 19.4. The number of carbonyl (C=O) groups is 1. The highest BCUT2D eigenvalue weighted by Gasteiger charge is 2.44. The van der Waals surface area contributed by atoms with E-state index < -0.39 is 18.2 Å². The van der Waals surface area contributed by atoms with Crippen LogP contribution in [-0.4, -0.2) is 29.8 Å². The summed E-state index contributed by atoms with van der Waals surface area (Å²) >= 11 is 0. The molecular weight excluding hydrogens is 201 g/mol. The molecule has 1 atom stereocenters. The number of nitriles is 1. The largest absolute Gasteiger partial charge is 0.492 e. The third-order valence-electron chi connectivity index (χ3n) is 1.78. The van der Waals surface area contributed by atoms with Crippen molar-refractivity contribution >= 4 is 5.97 Å². The second kappa shape index (κ2) is 3.84. The van der Waals surface area contributed by atoms with Crippen LogP contribution in [0.3, 0.4) is 0 Å². The molecule has 0 bridgehead atoms. The van der Waals surface area contributed by atoms with E-state index in [9.17, 15) is 18.0 Å². The highest BCUT2D eigenvalue weighted by molar-refractivity contribution is 5.75. The summed E-state index contributed by atoms with van der Waals surface area (Å²) < 4.78 is 35.2. The number of rotatable bonds is 1. The van der Waals surface area contributed by atoms with Gasteiger partial charge >= 0.3 is 12.1 Å². The van der Waals surface area contributed by atoms with E-state index >= 15 is 0 Å². The molecular formula is C7H7F3N2O2. The van der Waals surface area contributed by atoms with Crippen molar-refractivity contribution in [2.45, 2.75) is 25.1 Å². The molecule has 0 spiro atoms. The molecule has 1 aliphatic rings. The Labute approximate surface area is 77.8 Å². The van der Waals surface area contributed by atoms with E-state index in [2.05, 4.69) is 4.84 Å². The van der Waals surface area contributed by atoms with Gasteiger partial charge in [-0.3, -0.25) is 0 Å². The first kappa shape index (κ1) is 10.8. The number of alkyl halides is 3. The Morgan fingerprint density at radius 3 is 2.71 bits per heavy atom. The first-order valence-electron chi connectivity index (χ1n) is 3.90. The van der Waals surface area contributed by atoms with Gasteiger partial charge in [0.2, 0.25) is 0 Å². The van der Waals surface area contributed by atoms with Gasteiger partial charge in [0.1, 0.15) is 6.04 Å². The monoisotopic (exact) mass is 208 g/mol. The van der Waals surface area contributed by atoms with Gasteiger partial charge < -0.3 is 4.84 Å². The number of hydrogen-bond acceptors (Lipinski definition) is 4. The highest BCUT2D eigenvalue weighted by Crippen LogP contribution is 2.22. The zero-order valence-electron chi connectivity index (χ0n) is 7.04. The number of nitrogens with zero attached hydrogens (tertiary/aromatic N) is 2. The van der Waals surface area contributed by atoms with Gasteiger partial charge in [-0.25, -0.2) is 4.79 Å². The average Bonchev–Trinajstić information content (AvgIpc) is 2.50. The molecule has 1 fully saturated rings. The Morgan fingerprint density at radius 2 is 2.21 bits per heavy atom. The molecule has 0 aromatic rings. The minimum Gasteiger partial charge on any atom is -0.359 e. The molecule has 1 rings (SSSR count). The molecule has 1 unspecified atom stereocenters. The maximum absolute atomic E-state index is 11.7. The van der Waals surface area contributed by atoms with Crippen molar-refractivity contribution in [3.05, 3.63) is 0 Å². The molecule has 0 aromatic carbocycles. The number of carbonyl (C=O) groups excluding carboxylic acids is 1. The van der Waals surface area contributed by atoms with E-state index in [1.54, 1.807) is 6.07 Å². The lowest BCUT2D eigenvalue weighted by Crippen LogP contribution is -2.37. The minimum absolute atomic E-state index is 0.167. The van der Waals surface area contributed by atoms with Crippen LogP contribution >= 0.6 is 0 Å². The van der Waals surface area contributed by atoms with Gasteiger partial charge in [-0.2, -0.15) is 18.4 Å². The van der Waals surface area contributed by atoms with Crippen molar-refractivity contribution in [3.63, 3.8) is 0 Å². The van der Waals surface area contributed by atoms with Crippen molar-refractivity contribution in [3.8, 4) is 6.07 Å². The minimum atomic E-state index is -5.01. The third kappa shape index (κ3) is 2.35. The molecule has 0 aliphatic carbocycles. The molecule has 0 amide bonds. The zero-order chi connectivity index (χ0) is 10.8. The number of hydroxylamine groups is 2. The van der Waals surface area contributed by atoms with E-state index in [4.69, 9.17) is 5.26 Å². The molecule has 1 saturated heterocycles. The summed E-state index contributed by atoms with van der Waals surface area (Å²) in [5, 5.41) is 9.26. The Bertz CT molecular complexity index is 271. The summed E-state index contributed by atoms with van der Waals surface area (Å²) in [5.74, 6) is -2.28. The molecule has 78 valence electrons. The molecule has 0 N–H and O–H groups in total. The number of halogens is 3. The zero-order valence-corrected chi connectivity index (χ0v) is 7.04. The second-order valence-electron chi connectivity index (χ2n) is 2.80. The molecule has 0 saturated carbocycles. The normalized spacial score (nSPS) is 23.1. The van der Waals surface area contributed by atoms with Gasteiger partial charge in [-0.15, -0.1) is 5.06 Å². The van der Waals surface area contributed by atoms with Crippen LogP contribution in [-0.2, 0) is 9.63 Å². The van der Waals surface area contributed by atoms with Crippen LogP contribution in [0.1, 0.15) is 12.8 Å². The van der Waals surface area contributed by atoms with Crippen LogP contribution in [0.4, 0.5) is 13.2 Å². The molecule has 1 heterocycles. The lowest BCUT2D eigenvalue weighted by Gasteiger charge is -2.18. The van der Waals surface area contributed by atoms with Crippen LogP contribution in [0.25, 0.3) is 0 Å². The lowest BCUT2D eigenvalue weighted by atomic mass is 10.2. The van der Waals surface area contributed by atoms with Crippen LogP contribution in [0.5, 0.6) is 0 Å². The maximum Gasteiger partial charge on any atom is 0.492 e. The lowest BCUT2D eigenvalue weighted by molar-refractivity contribution is -0.238. The van der Waals surface area contributed by atoms with Crippen molar-refractivity contribution in [2.24, 2.45) is 0 Å². The fourth-order valence-corrected chi connectivity index (χ4v) is 1.14. The average molecular weight is 208 g/mol. The smallest absolute Gasteiger partial charge is 0.359 e. The molecule has 4 nitrogen and oxygen atoms in total. The summed E-state index contributed by atoms with van der Waals surface area (Å²) in [4.78, 5) is 14.4. The van der Waals surface area contributed by atoms with Gasteiger partial charge in [0.15, 0.2) is 0 Å². The third-order valence-corrected chi connectivity index (χ3v) is 1.78. The molecule has 1 aliphatic heterocycles. The van der Waals surface area contributed by atoms with Crippen molar-refractivity contribution in [1.82, 2.24) is 5.06 Å². The molecule has 14 heavy (non-hydrogen) atoms. The second-order valence-corrected chi connectivity index (χ2v) is 2.80. The van der Waals surface area contributed by atoms with Gasteiger partial charge in [-0.1, -0.05) is 0 Å². The standard InChI is InChI=1S/C7H7F3N2O2/c8-7(9,10)6(13)14-12-3-1-2-5(12)4-11/h5H,1-3H2. The predicted molar refractivity (Wildman–Crippen MR) is 37.5 cm³/mol. The Kier molecular flexibility index (Phi) is 2.96. The van der Waals surface area contributed by atoms with E-state index in [1.165, 1.54) is 0 Å². The summed E-state index contributed by atoms with van der Waals surface area (Å²) in [6, 6.07) is 0.989. The fraction of sp³-hybridized carbons (Fsp3) is 0.714. The Hall–Kier alpha value is -1.29. The van der Waals surface area contributed by atoms with Crippen molar-refractivity contribution in [1.29, 1.82) is 5.26 Å². The van der Waals surface area contributed by atoms with Crippen LogP contribution < -0.4 is 0 Å². The maximum atomic E-state index is 11.7. The van der Waals surface area contributed by atoms with Crippen molar-refractivity contribution < 1.29 is 22.8 Å². The Morgan fingerprint density at radius 1 is 1.57 bits per heavy atom.